The van der Waals surface area contributed by atoms with Gasteiger partial charge in [-0.05, 0) is 50.6 Å². The first-order valence-electron chi connectivity index (χ1n) is 9.57. The summed E-state index contributed by atoms with van der Waals surface area (Å²) in [5.41, 5.74) is 2.24. The average molecular weight is 384 g/mol. The van der Waals surface area contributed by atoms with Gasteiger partial charge in [0.25, 0.3) is 0 Å². The molecule has 0 aliphatic carbocycles. The van der Waals surface area contributed by atoms with Gasteiger partial charge in [0.2, 0.25) is 0 Å². The summed E-state index contributed by atoms with van der Waals surface area (Å²) in [7, 11) is 0. The molecular weight excluding hydrogens is 356 g/mol. The summed E-state index contributed by atoms with van der Waals surface area (Å²) < 4.78 is 11.6. The van der Waals surface area contributed by atoms with Gasteiger partial charge in [0, 0.05) is 19.6 Å². The Balaban J connectivity index is 1.52. The van der Waals surface area contributed by atoms with Crippen molar-refractivity contribution in [1.29, 1.82) is 0 Å². The highest BCUT2D eigenvalue weighted by molar-refractivity contribution is 5.62. The van der Waals surface area contributed by atoms with Crippen molar-refractivity contribution in [2.45, 2.75) is 40.0 Å². The Labute approximate surface area is 166 Å². The van der Waals surface area contributed by atoms with Gasteiger partial charge in [-0.25, -0.2) is 0 Å². The molecule has 6 nitrogen and oxygen atoms in total. The summed E-state index contributed by atoms with van der Waals surface area (Å²) in [5.74, 6) is 1.61. The van der Waals surface area contributed by atoms with Crippen LogP contribution >= 0.6 is 0 Å². The summed E-state index contributed by atoms with van der Waals surface area (Å²) in [6, 6.07) is 11.8. The maximum atomic E-state index is 11.1. The number of hydrogen-bond acceptors (Lipinski definition) is 6. The van der Waals surface area contributed by atoms with E-state index in [0.717, 1.165) is 34.7 Å². The van der Waals surface area contributed by atoms with Crippen LogP contribution in [0.2, 0.25) is 0 Å². The van der Waals surface area contributed by atoms with Crippen LogP contribution in [0.25, 0.3) is 0 Å². The second-order valence-corrected chi connectivity index (χ2v) is 7.77. The fourth-order valence-electron chi connectivity index (χ4n) is 3.34. The summed E-state index contributed by atoms with van der Waals surface area (Å²) >= 11 is 0. The fourth-order valence-corrected chi connectivity index (χ4v) is 3.34. The largest absolute Gasteiger partial charge is 0.491 e. The first kappa shape index (κ1) is 20.3. The number of aryl methyl sites for hydroxylation is 1. The van der Waals surface area contributed by atoms with Crippen molar-refractivity contribution < 1.29 is 19.4 Å². The van der Waals surface area contributed by atoms with Crippen molar-refractivity contribution in [1.82, 2.24) is 9.88 Å². The van der Waals surface area contributed by atoms with E-state index < -0.39 is 5.41 Å². The molecule has 2 heterocycles. The number of carbonyl (C=O) groups is 1. The summed E-state index contributed by atoms with van der Waals surface area (Å²) in [4.78, 5) is 17.8. The minimum Gasteiger partial charge on any atom is -0.491 e. The average Bonchev–Trinajstić information content (AvgIpc) is 2.64. The Bertz CT molecular complexity index is 799. The van der Waals surface area contributed by atoms with Crippen LogP contribution in [0.15, 0.2) is 36.4 Å². The lowest BCUT2D eigenvalue weighted by atomic mass is 9.82. The Kier molecular flexibility index (Phi) is 6.31. The van der Waals surface area contributed by atoms with Gasteiger partial charge in [-0.15, -0.1) is 0 Å². The molecule has 0 radical (unpaired) electrons. The standard InChI is InChI=1S/C22H28N2O4/c1-16(2)28-20-7-4-18(5-8-20)11-27-21-9-6-19(23-17(21)3)10-24-12-22(13-24,14-25)15-26/h4-9,14,16,26H,10-13,15H2,1-3H3. The van der Waals surface area contributed by atoms with Crippen molar-refractivity contribution in [3.63, 3.8) is 0 Å². The molecule has 1 fully saturated rings. The Morgan fingerprint density at radius 3 is 2.50 bits per heavy atom. The van der Waals surface area contributed by atoms with Crippen molar-refractivity contribution >= 4 is 6.29 Å². The minimum atomic E-state index is -0.589. The van der Waals surface area contributed by atoms with Crippen molar-refractivity contribution in [2.75, 3.05) is 19.7 Å². The molecule has 0 saturated carbocycles. The second kappa shape index (κ2) is 8.71. The van der Waals surface area contributed by atoms with E-state index in [0.29, 0.717) is 26.2 Å². The van der Waals surface area contributed by atoms with Crippen LogP contribution in [0.4, 0.5) is 0 Å². The second-order valence-electron chi connectivity index (χ2n) is 7.77. The molecule has 1 aliphatic rings. The van der Waals surface area contributed by atoms with Crippen molar-refractivity contribution in [3.8, 4) is 11.5 Å². The van der Waals surface area contributed by atoms with Crippen molar-refractivity contribution in [2.24, 2.45) is 5.41 Å². The molecular formula is C22H28N2O4. The van der Waals surface area contributed by atoms with E-state index in [1.165, 1.54) is 0 Å². The van der Waals surface area contributed by atoms with Crippen LogP contribution in [0, 0.1) is 12.3 Å². The molecule has 1 aromatic heterocycles. The molecule has 1 aliphatic heterocycles. The summed E-state index contributed by atoms with van der Waals surface area (Å²) in [5, 5.41) is 9.31. The van der Waals surface area contributed by atoms with E-state index in [4.69, 9.17) is 9.47 Å². The maximum Gasteiger partial charge on any atom is 0.141 e. The lowest BCUT2D eigenvalue weighted by Gasteiger charge is -2.45. The molecule has 0 spiro atoms. The Morgan fingerprint density at radius 1 is 1.21 bits per heavy atom. The van der Waals surface area contributed by atoms with Gasteiger partial charge < -0.3 is 19.4 Å². The number of hydrogen-bond donors (Lipinski definition) is 1. The minimum absolute atomic E-state index is 0.100. The van der Waals surface area contributed by atoms with Crippen LogP contribution in [-0.2, 0) is 17.9 Å². The number of aliphatic hydroxyl groups is 1. The monoisotopic (exact) mass is 384 g/mol. The lowest BCUT2D eigenvalue weighted by Crippen LogP contribution is -2.58. The molecule has 2 aromatic rings. The zero-order valence-corrected chi connectivity index (χ0v) is 16.7. The van der Waals surface area contributed by atoms with E-state index in [1.54, 1.807) is 0 Å². The molecule has 6 heteroatoms. The van der Waals surface area contributed by atoms with Crippen LogP contribution < -0.4 is 9.47 Å². The molecule has 3 rings (SSSR count). The highest BCUT2D eigenvalue weighted by Gasteiger charge is 2.42. The normalized spacial score (nSPS) is 15.9. The van der Waals surface area contributed by atoms with Crippen molar-refractivity contribution in [3.05, 3.63) is 53.3 Å². The third-order valence-electron chi connectivity index (χ3n) is 4.81. The molecule has 1 aromatic carbocycles. The smallest absolute Gasteiger partial charge is 0.141 e. The number of aromatic nitrogens is 1. The predicted molar refractivity (Wildman–Crippen MR) is 106 cm³/mol. The number of nitrogens with zero attached hydrogens (tertiary/aromatic N) is 2. The molecule has 0 unspecified atom stereocenters. The van der Waals surface area contributed by atoms with E-state index in [9.17, 15) is 9.90 Å². The Morgan fingerprint density at radius 2 is 1.93 bits per heavy atom. The number of rotatable bonds is 9. The van der Waals surface area contributed by atoms with Crippen LogP contribution in [0.3, 0.4) is 0 Å². The molecule has 0 bridgehead atoms. The van der Waals surface area contributed by atoms with Gasteiger partial charge in [-0.1, -0.05) is 12.1 Å². The van der Waals surface area contributed by atoms with Gasteiger partial charge in [0.1, 0.15) is 24.4 Å². The molecule has 150 valence electrons. The zero-order valence-electron chi connectivity index (χ0n) is 16.7. The molecule has 28 heavy (non-hydrogen) atoms. The first-order chi connectivity index (χ1) is 13.4. The highest BCUT2D eigenvalue weighted by Crippen LogP contribution is 2.29. The number of aliphatic hydroxyl groups excluding tert-OH is 1. The summed E-state index contributed by atoms with van der Waals surface area (Å²) in [6.07, 6.45) is 1.02. The number of aldehydes is 1. The third kappa shape index (κ3) is 4.88. The number of benzene rings is 1. The van der Waals surface area contributed by atoms with Crippen LogP contribution in [0.5, 0.6) is 11.5 Å². The topological polar surface area (TPSA) is 71.9 Å². The molecule has 1 N–H and O–H groups in total. The SMILES string of the molecule is Cc1nc(CN2CC(C=O)(CO)C2)ccc1OCc1ccc(OC(C)C)cc1. The van der Waals surface area contributed by atoms with Gasteiger partial charge in [0.15, 0.2) is 0 Å². The number of carbonyl (C=O) groups excluding carboxylic acids is 1. The van der Waals surface area contributed by atoms with Gasteiger partial charge in [-0.3, -0.25) is 9.88 Å². The van der Waals surface area contributed by atoms with E-state index in [-0.39, 0.29) is 12.7 Å². The third-order valence-corrected chi connectivity index (χ3v) is 4.81. The Hall–Kier alpha value is -2.44. The van der Waals surface area contributed by atoms with Gasteiger partial charge in [0.05, 0.1) is 29.5 Å². The first-order valence-corrected chi connectivity index (χ1v) is 9.57. The zero-order chi connectivity index (χ0) is 20.1. The van der Waals surface area contributed by atoms with E-state index >= 15 is 0 Å². The number of ether oxygens (including phenoxy) is 2. The molecule has 1 saturated heterocycles. The predicted octanol–water partition coefficient (Wildman–Crippen LogP) is 2.75. The van der Waals surface area contributed by atoms with Crippen LogP contribution in [0.1, 0.15) is 30.8 Å². The summed E-state index contributed by atoms with van der Waals surface area (Å²) in [6.45, 7) is 8.11. The fraction of sp³-hybridized carbons (Fsp3) is 0.455. The molecule has 0 amide bonds. The quantitative estimate of drug-likeness (QED) is 0.671. The van der Waals surface area contributed by atoms with E-state index in [2.05, 4.69) is 9.88 Å². The maximum absolute atomic E-state index is 11.1. The number of likely N-dealkylation sites (tertiary alicyclic amines) is 1. The lowest BCUT2D eigenvalue weighted by molar-refractivity contribution is -0.131. The highest BCUT2D eigenvalue weighted by atomic mass is 16.5. The van der Waals surface area contributed by atoms with Gasteiger partial charge in [-0.2, -0.15) is 0 Å². The van der Waals surface area contributed by atoms with Gasteiger partial charge >= 0.3 is 0 Å². The van der Waals surface area contributed by atoms with Crippen LogP contribution in [-0.4, -0.2) is 47.1 Å². The van der Waals surface area contributed by atoms with E-state index in [1.807, 2.05) is 57.2 Å². The molecule has 0 atom stereocenters. The number of pyridine rings is 1.